The molecule has 120 valence electrons. The zero-order valence-corrected chi connectivity index (χ0v) is 13.1. The number of piperazine rings is 1. The largest absolute Gasteiger partial charge is 0.381 e. The van der Waals surface area contributed by atoms with E-state index < -0.39 is 0 Å². The van der Waals surface area contributed by atoms with Crippen LogP contribution in [0.4, 0.5) is 0 Å². The third kappa shape index (κ3) is 4.17. The van der Waals surface area contributed by atoms with Crippen LogP contribution in [0.1, 0.15) is 26.7 Å². The number of hydrogen-bond acceptors (Lipinski definition) is 4. The van der Waals surface area contributed by atoms with Crippen LogP contribution in [0.5, 0.6) is 0 Å². The lowest BCUT2D eigenvalue weighted by molar-refractivity contribution is -0.150. The SMILES string of the molecule is CCCN1CC(=O)N(CC(NCC)C2CCOC2)CC1=O. The van der Waals surface area contributed by atoms with Crippen LogP contribution in [0.25, 0.3) is 0 Å². The Morgan fingerprint density at radius 3 is 2.57 bits per heavy atom. The minimum Gasteiger partial charge on any atom is -0.381 e. The molecule has 0 aromatic rings. The second kappa shape index (κ2) is 7.75. The maximum Gasteiger partial charge on any atom is 0.242 e. The quantitative estimate of drug-likeness (QED) is 0.723. The lowest BCUT2D eigenvalue weighted by atomic mass is 9.98. The fourth-order valence-electron chi connectivity index (χ4n) is 3.09. The highest BCUT2D eigenvalue weighted by Crippen LogP contribution is 2.18. The fraction of sp³-hybridized carbons (Fsp3) is 0.867. The first-order chi connectivity index (χ1) is 10.2. The van der Waals surface area contributed by atoms with Crippen LogP contribution in [-0.4, -0.2) is 73.6 Å². The van der Waals surface area contributed by atoms with Crippen molar-refractivity contribution in [3.8, 4) is 0 Å². The predicted octanol–water partition coefficient (Wildman–Crippen LogP) is 0.0818. The normalized spacial score (nSPS) is 24.8. The summed E-state index contributed by atoms with van der Waals surface area (Å²) in [6, 6.07) is 0.215. The number of carbonyl (C=O) groups is 2. The summed E-state index contributed by atoms with van der Waals surface area (Å²) in [5, 5.41) is 3.44. The average molecular weight is 297 g/mol. The zero-order valence-electron chi connectivity index (χ0n) is 13.1. The Morgan fingerprint density at radius 1 is 1.24 bits per heavy atom. The fourth-order valence-corrected chi connectivity index (χ4v) is 3.09. The van der Waals surface area contributed by atoms with Crippen molar-refractivity contribution in [2.45, 2.75) is 32.7 Å². The Morgan fingerprint density at radius 2 is 1.95 bits per heavy atom. The van der Waals surface area contributed by atoms with Gasteiger partial charge in [0.1, 0.15) is 0 Å². The Kier molecular flexibility index (Phi) is 5.99. The predicted molar refractivity (Wildman–Crippen MR) is 79.8 cm³/mol. The molecule has 2 unspecified atom stereocenters. The molecule has 0 aromatic heterocycles. The van der Waals surface area contributed by atoms with Gasteiger partial charge in [0.25, 0.3) is 0 Å². The molecule has 2 heterocycles. The number of nitrogens with zero attached hydrogens (tertiary/aromatic N) is 2. The Hall–Kier alpha value is -1.14. The van der Waals surface area contributed by atoms with E-state index in [1.807, 2.05) is 6.92 Å². The summed E-state index contributed by atoms with van der Waals surface area (Å²) in [6.07, 6.45) is 1.91. The summed E-state index contributed by atoms with van der Waals surface area (Å²) in [5.41, 5.74) is 0. The summed E-state index contributed by atoms with van der Waals surface area (Å²) in [5.74, 6) is 0.556. The van der Waals surface area contributed by atoms with E-state index in [0.29, 0.717) is 19.0 Å². The topological polar surface area (TPSA) is 61.9 Å². The maximum atomic E-state index is 12.3. The van der Waals surface area contributed by atoms with E-state index in [1.165, 1.54) is 0 Å². The van der Waals surface area contributed by atoms with Crippen LogP contribution in [0.15, 0.2) is 0 Å². The van der Waals surface area contributed by atoms with Crippen molar-refractivity contribution < 1.29 is 14.3 Å². The first-order valence-electron chi connectivity index (χ1n) is 8.02. The van der Waals surface area contributed by atoms with E-state index in [4.69, 9.17) is 4.74 Å². The molecular formula is C15H27N3O3. The standard InChI is InChI=1S/C15H27N3O3/c1-3-6-17-9-15(20)18(10-14(17)19)8-13(16-4-2)12-5-7-21-11-12/h12-13,16H,3-11H2,1-2H3. The van der Waals surface area contributed by atoms with Crippen molar-refractivity contribution in [3.63, 3.8) is 0 Å². The molecule has 2 rings (SSSR count). The van der Waals surface area contributed by atoms with Gasteiger partial charge in [0.15, 0.2) is 0 Å². The van der Waals surface area contributed by atoms with Gasteiger partial charge in [-0.1, -0.05) is 13.8 Å². The summed E-state index contributed by atoms with van der Waals surface area (Å²) in [6.45, 7) is 8.21. The highest BCUT2D eigenvalue weighted by atomic mass is 16.5. The van der Waals surface area contributed by atoms with E-state index in [1.54, 1.807) is 9.80 Å². The molecule has 1 N–H and O–H groups in total. The van der Waals surface area contributed by atoms with Crippen LogP contribution in [0.3, 0.4) is 0 Å². The van der Waals surface area contributed by atoms with Crippen LogP contribution in [0, 0.1) is 5.92 Å². The van der Waals surface area contributed by atoms with E-state index in [2.05, 4.69) is 12.2 Å². The van der Waals surface area contributed by atoms with Gasteiger partial charge in [0.2, 0.25) is 11.8 Å². The van der Waals surface area contributed by atoms with E-state index >= 15 is 0 Å². The van der Waals surface area contributed by atoms with Crippen molar-refractivity contribution in [3.05, 3.63) is 0 Å². The molecule has 6 heteroatoms. The van der Waals surface area contributed by atoms with Crippen LogP contribution < -0.4 is 5.32 Å². The zero-order chi connectivity index (χ0) is 15.2. The smallest absolute Gasteiger partial charge is 0.242 e. The van der Waals surface area contributed by atoms with E-state index in [-0.39, 0.29) is 30.9 Å². The molecule has 0 bridgehead atoms. The summed E-state index contributed by atoms with van der Waals surface area (Å²) in [4.78, 5) is 27.7. The van der Waals surface area contributed by atoms with Gasteiger partial charge in [-0.25, -0.2) is 0 Å². The molecule has 21 heavy (non-hydrogen) atoms. The van der Waals surface area contributed by atoms with Crippen LogP contribution in [-0.2, 0) is 14.3 Å². The van der Waals surface area contributed by atoms with Gasteiger partial charge in [-0.2, -0.15) is 0 Å². The maximum absolute atomic E-state index is 12.3. The molecule has 0 spiro atoms. The van der Waals surface area contributed by atoms with Gasteiger partial charge in [-0.3, -0.25) is 9.59 Å². The third-order valence-electron chi connectivity index (χ3n) is 4.27. The second-order valence-corrected chi connectivity index (χ2v) is 5.88. The van der Waals surface area contributed by atoms with Gasteiger partial charge >= 0.3 is 0 Å². The molecule has 0 aromatic carbocycles. The molecule has 0 radical (unpaired) electrons. The minimum absolute atomic E-state index is 0.0601. The highest BCUT2D eigenvalue weighted by Gasteiger charge is 2.33. The number of ether oxygens (including phenoxy) is 1. The Labute approximate surface area is 126 Å². The van der Waals surface area contributed by atoms with Crippen molar-refractivity contribution >= 4 is 11.8 Å². The molecule has 2 aliphatic rings. The molecule has 2 saturated heterocycles. The third-order valence-corrected chi connectivity index (χ3v) is 4.27. The van der Waals surface area contributed by atoms with Crippen LogP contribution in [0.2, 0.25) is 0 Å². The van der Waals surface area contributed by atoms with Crippen molar-refractivity contribution in [2.75, 3.05) is 45.9 Å². The average Bonchev–Trinajstić information content (AvgIpc) is 2.98. The minimum atomic E-state index is 0.0601. The number of carbonyl (C=O) groups excluding carboxylic acids is 2. The second-order valence-electron chi connectivity index (χ2n) is 5.88. The van der Waals surface area contributed by atoms with Gasteiger partial charge in [0, 0.05) is 31.7 Å². The van der Waals surface area contributed by atoms with E-state index in [9.17, 15) is 9.59 Å². The van der Waals surface area contributed by atoms with Crippen molar-refractivity contribution in [2.24, 2.45) is 5.92 Å². The number of rotatable bonds is 7. The summed E-state index contributed by atoms with van der Waals surface area (Å²) in [7, 11) is 0. The van der Waals surface area contributed by atoms with Gasteiger partial charge in [-0.15, -0.1) is 0 Å². The summed E-state index contributed by atoms with van der Waals surface area (Å²) >= 11 is 0. The number of nitrogens with one attached hydrogen (secondary N) is 1. The highest BCUT2D eigenvalue weighted by molar-refractivity contribution is 5.92. The van der Waals surface area contributed by atoms with Gasteiger partial charge in [0.05, 0.1) is 19.7 Å². The molecular weight excluding hydrogens is 270 g/mol. The first-order valence-corrected chi connectivity index (χ1v) is 8.02. The van der Waals surface area contributed by atoms with Gasteiger partial charge in [-0.05, 0) is 19.4 Å². The molecule has 0 aliphatic carbocycles. The van der Waals surface area contributed by atoms with E-state index in [0.717, 1.165) is 32.6 Å². The number of likely N-dealkylation sites (N-methyl/N-ethyl adjacent to an activating group) is 1. The molecule has 2 fully saturated rings. The Balaban J connectivity index is 1.93. The first kappa shape index (κ1) is 16.2. The number of amides is 2. The summed E-state index contributed by atoms with van der Waals surface area (Å²) < 4.78 is 5.45. The Bertz CT molecular complexity index is 369. The number of hydrogen-bond donors (Lipinski definition) is 1. The van der Waals surface area contributed by atoms with Crippen molar-refractivity contribution in [1.82, 2.24) is 15.1 Å². The molecule has 2 aliphatic heterocycles. The lowest BCUT2D eigenvalue weighted by Gasteiger charge is -2.37. The lowest BCUT2D eigenvalue weighted by Crippen LogP contribution is -2.57. The molecule has 0 saturated carbocycles. The molecule has 2 atom stereocenters. The van der Waals surface area contributed by atoms with Gasteiger partial charge < -0.3 is 19.9 Å². The van der Waals surface area contributed by atoms with Crippen molar-refractivity contribution in [1.29, 1.82) is 0 Å². The van der Waals surface area contributed by atoms with Crippen LogP contribution >= 0.6 is 0 Å². The molecule has 2 amide bonds. The molecule has 6 nitrogen and oxygen atoms in total. The monoisotopic (exact) mass is 297 g/mol.